The van der Waals surface area contributed by atoms with Gasteiger partial charge in [-0.1, -0.05) is 15.9 Å². The number of halogens is 2. The van der Waals surface area contributed by atoms with Gasteiger partial charge in [0, 0.05) is 23.1 Å². The van der Waals surface area contributed by atoms with E-state index in [4.69, 9.17) is 4.74 Å². The highest BCUT2D eigenvalue weighted by atomic mass is 79.9. The van der Waals surface area contributed by atoms with Crippen LogP contribution in [0.4, 0.5) is 4.39 Å². The summed E-state index contributed by atoms with van der Waals surface area (Å²) < 4.78 is 19.6. The van der Waals surface area contributed by atoms with Crippen molar-refractivity contribution >= 4 is 43.5 Å². The van der Waals surface area contributed by atoms with E-state index >= 15 is 0 Å². The molecule has 0 bridgehead atoms. The average molecular weight is 484 g/mol. The first-order valence-electron chi connectivity index (χ1n) is 8.71. The van der Waals surface area contributed by atoms with Crippen molar-refractivity contribution in [1.82, 2.24) is 14.9 Å². The maximum absolute atomic E-state index is 14.1. The molecule has 0 unspecified atom stereocenters. The number of hydrogen-bond donors (Lipinski definition) is 2. The van der Waals surface area contributed by atoms with Crippen LogP contribution in [0.15, 0.2) is 27.5 Å². The van der Waals surface area contributed by atoms with Gasteiger partial charge in [-0.15, -0.1) is 11.3 Å². The molecule has 3 aromatic rings. The molecule has 2 aromatic heterocycles. The van der Waals surface area contributed by atoms with Gasteiger partial charge in [-0.2, -0.15) is 0 Å². The molecule has 0 fully saturated rings. The fourth-order valence-corrected chi connectivity index (χ4v) is 4.55. The van der Waals surface area contributed by atoms with E-state index in [-0.39, 0.29) is 37.6 Å². The number of methoxy groups -OCH3 is 1. The third-order valence-electron chi connectivity index (χ3n) is 4.41. The van der Waals surface area contributed by atoms with E-state index in [0.717, 1.165) is 15.8 Å². The largest absolute Gasteiger partial charge is 0.465 e. The molecule has 29 heavy (non-hydrogen) atoms. The first kappa shape index (κ1) is 21.6. The van der Waals surface area contributed by atoms with E-state index in [9.17, 15) is 19.1 Å². The highest BCUT2D eigenvalue weighted by Crippen LogP contribution is 2.27. The van der Waals surface area contributed by atoms with Gasteiger partial charge in [-0.25, -0.2) is 14.2 Å². The summed E-state index contributed by atoms with van der Waals surface area (Å²) in [5, 5.41) is 9.74. The molecule has 0 amide bonds. The molecular weight excluding hydrogens is 465 g/mol. The number of aliphatic hydroxyl groups excluding tert-OH is 1. The molecule has 154 valence electrons. The summed E-state index contributed by atoms with van der Waals surface area (Å²) in [7, 11) is 1.28. The van der Waals surface area contributed by atoms with Crippen molar-refractivity contribution in [3.63, 3.8) is 0 Å². The van der Waals surface area contributed by atoms with Gasteiger partial charge in [0.05, 0.1) is 25.6 Å². The SMILES string of the molecule is COC(=O)c1sc2nc(CN(CCO)Cc3cc(Br)ccc3F)[nH]c(=O)c2c1C. The predicted molar refractivity (Wildman–Crippen MR) is 112 cm³/mol. The molecule has 2 N–H and O–H groups in total. The fourth-order valence-electron chi connectivity index (χ4n) is 3.02. The lowest BCUT2D eigenvalue weighted by atomic mass is 10.2. The van der Waals surface area contributed by atoms with Crippen molar-refractivity contribution in [2.75, 3.05) is 20.3 Å². The molecule has 0 spiro atoms. The first-order valence-corrected chi connectivity index (χ1v) is 10.3. The summed E-state index contributed by atoms with van der Waals surface area (Å²) in [5.41, 5.74) is 0.628. The molecular formula is C19H19BrFN3O4S. The van der Waals surface area contributed by atoms with Crippen LogP contribution in [0.1, 0.15) is 26.6 Å². The van der Waals surface area contributed by atoms with Crippen LogP contribution in [-0.2, 0) is 17.8 Å². The van der Waals surface area contributed by atoms with Crippen molar-refractivity contribution < 1.29 is 19.0 Å². The number of aryl methyl sites for hydroxylation is 1. The normalized spacial score (nSPS) is 11.4. The van der Waals surface area contributed by atoms with E-state index in [1.165, 1.54) is 13.2 Å². The van der Waals surface area contributed by atoms with Gasteiger partial charge in [0.1, 0.15) is 21.3 Å². The molecule has 0 aliphatic heterocycles. The topological polar surface area (TPSA) is 95.5 Å². The van der Waals surface area contributed by atoms with Gasteiger partial charge in [0.2, 0.25) is 0 Å². The summed E-state index contributed by atoms with van der Waals surface area (Å²) in [4.78, 5) is 34.2. The van der Waals surface area contributed by atoms with Crippen LogP contribution in [0.2, 0.25) is 0 Å². The molecule has 0 atom stereocenters. The Bertz CT molecular complexity index is 1110. The fraction of sp³-hybridized carbons (Fsp3) is 0.316. The first-order chi connectivity index (χ1) is 13.8. The quantitative estimate of drug-likeness (QED) is 0.501. The second kappa shape index (κ2) is 9.12. The zero-order valence-corrected chi connectivity index (χ0v) is 18.2. The lowest BCUT2D eigenvalue weighted by molar-refractivity contribution is 0.0605. The highest BCUT2D eigenvalue weighted by Gasteiger charge is 2.20. The lowest BCUT2D eigenvalue weighted by Gasteiger charge is -2.21. The van der Waals surface area contributed by atoms with Gasteiger partial charge < -0.3 is 14.8 Å². The number of nitrogens with zero attached hydrogens (tertiary/aromatic N) is 2. The second-order valence-electron chi connectivity index (χ2n) is 6.41. The van der Waals surface area contributed by atoms with Crippen LogP contribution in [0.5, 0.6) is 0 Å². The summed E-state index contributed by atoms with van der Waals surface area (Å²) in [6, 6.07) is 4.65. The van der Waals surface area contributed by atoms with E-state index in [2.05, 4.69) is 25.9 Å². The van der Waals surface area contributed by atoms with Gasteiger partial charge in [0.25, 0.3) is 5.56 Å². The Morgan fingerprint density at radius 3 is 2.86 bits per heavy atom. The predicted octanol–water partition coefficient (Wildman–Crippen LogP) is 2.98. The Morgan fingerprint density at radius 2 is 2.17 bits per heavy atom. The standard InChI is InChI=1S/C19H19BrFN3O4S/c1-10-15-17(26)22-14(23-18(15)29-16(10)19(27)28-2)9-24(5-6-25)8-11-7-12(20)3-4-13(11)21/h3-4,7,25H,5-6,8-9H2,1-2H3,(H,22,23,26). The number of esters is 1. The minimum atomic E-state index is -0.515. The van der Waals surface area contributed by atoms with E-state index < -0.39 is 5.97 Å². The summed E-state index contributed by atoms with van der Waals surface area (Å²) >= 11 is 4.42. The maximum Gasteiger partial charge on any atom is 0.348 e. The number of rotatable bonds is 7. The summed E-state index contributed by atoms with van der Waals surface area (Å²) in [6.45, 7) is 2.24. The zero-order chi connectivity index (χ0) is 21.1. The second-order valence-corrected chi connectivity index (χ2v) is 8.33. The molecule has 0 aliphatic rings. The zero-order valence-electron chi connectivity index (χ0n) is 15.8. The molecule has 3 rings (SSSR count). The molecule has 2 heterocycles. The van der Waals surface area contributed by atoms with Crippen molar-refractivity contribution in [3.8, 4) is 0 Å². The molecule has 0 saturated carbocycles. The third-order valence-corrected chi connectivity index (χ3v) is 6.07. The van der Waals surface area contributed by atoms with Crippen LogP contribution in [-0.4, -0.2) is 46.2 Å². The minimum Gasteiger partial charge on any atom is -0.465 e. The van der Waals surface area contributed by atoms with E-state index in [0.29, 0.717) is 32.0 Å². The Labute approximate surface area is 178 Å². The number of nitrogens with one attached hydrogen (secondary N) is 1. The summed E-state index contributed by atoms with van der Waals surface area (Å²) in [6.07, 6.45) is 0. The van der Waals surface area contributed by atoms with Gasteiger partial charge in [0.15, 0.2) is 0 Å². The number of hydrogen-bond acceptors (Lipinski definition) is 7. The number of carbonyl (C=O) groups is 1. The number of carbonyl (C=O) groups excluding carboxylic acids is 1. The monoisotopic (exact) mass is 483 g/mol. The molecule has 7 nitrogen and oxygen atoms in total. The number of fused-ring (bicyclic) bond motifs is 1. The Balaban J connectivity index is 1.92. The molecule has 0 aliphatic carbocycles. The van der Waals surface area contributed by atoms with E-state index in [1.54, 1.807) is 24.0 Å². The van der Waals surface area contributed by atoms with Crippen molar-refractivity contribution in [3.05, 3.63) is 60.7 Å². The Hall–Kier alpha value is -2.14. The third kappa shape index (κ3) is 4.72. The molecule has 10 heteroatoms. The van der Waals surface area contributed by atoms with Crippen LogP contribution < -0.4 is 5.56 Å². The molecule has 0 saturated heterocycles. The smallest absolute Gasteiger partial charge is 0.348 e. The van der Waals surface area contributed by atoms with Crippen LogP contribution in [0.3, 0.4) is 0 Å². The van der Waals surface area contributed by atoms with Gasteiger partial charge in [-0.05, 0) is 30.7 Å². The van der Waals surface area contributed by atoms with Crippen molar-refractivity contribution in [2.45, 2.75) is 20.0 Å². The number of ether oxygens (including phenoxy) is 1. The van der Waals surface area contributed by atoms with Crippen molar-refractivity contribution in [2.24, 2.45) is 0 Å². The number of benzene rings is 1. The van der Waals surface area contributed by atoms with Crippen LogP contribution >= 0.6 is 27.3 Å². The number of aliphatic hydroxyl groups is 1. The minimum absolute atomic E-state index is 0.132. The van der Waals surface area contributed by atoms with Crippen LogP contribution in [0, 0.1) is 12.7 Å². The van der Waals surface area contributed by atoms with Gasteiger partial charge >= 0.3 is 5.97 Å². The number of aromatic nitrogens is 2. The number of aromatic amines is 1. The Morgan fingerprint density at radius 1 is 1.41 bits per heavy atom. The highest BCUT2D eigenvalue weighted by molar-refractivity contribution is 9.10. The maximum atomic E-state index is 14.1. The van der Waals surface area contributed by atoms with Crippen LogP contribution in [0.25, 0.3) is 10.2 Å². The van der Waals surface area contributed by atoms with E-state index in [1.807, 2.05) is 0 Å². The van der Waals surface area contributed by atoms with Crippen molar-refractivity contribution in [1.29, 1.82) is 0 Å². The Kier molecular flexibility index (Phi) is 6.78. The van der Waals surface area contributed by atoms with Gasteiger partial charge in [-0.3, -0.25) is 9.69 Å². The average Bonchev–Trinajstić information content (AvgIpc) is 3.01. The number of thiophene rings is 1. The lowest BCUT2D eigenvalue weighted by Crippen LogP contribution is -2.28. The molecule has 1 aromatic carbocycles. The molecule has 0 radical (unpaired) electrons. The number of H-pyrrole nitrogens is 1. The summed E-state index contributed by atoms with van der Waals surface area (Å²) in [5.74, 6) is -0.507.